The smallest absolute Gasteiger partial charge is 0.177 e. The van der Waals surface area contributed by atoms with Crippen LogP contribution >= 0.6 is 0 Å². The molecule has 0 spiro atoms. The molecule has 5 heteroatoms. The summed E-state index contributed by atoms with van der Waals surface area (Å²) >= 11 is 0. The van der Waals surface area contributed by atoms with Crippen molar-refractivity contribution in [2.45, 2.75) is 45.1 Å². The van der Waals surface area contributed by atoms with Gasteiger partial charge in [0, 0.05) is 6.42 Å². The molecule has 2 rings (SSSR count). The van der Waals surface area contributed by atoms with Gasteiger partial charge in [-0.3, -0.25) is 0 Å². The summed E-state index contributed by atoms with van der Waals surface area (Å²) in [5.41, 5.74) is 0. The molecule has 1 aromatic rings. The van der Waals surface area contributed by atoms with Crippen LogP contribution in [0.25, 0.3) is 0 Å². The van der Waals surface area contributed by atoms with Gasteiger partial charge in [0.25, 0.3) is 0 Å². The van der Waals surface area contributed by atoms with Crippen molar-refractivity contribution in [2.75, 3.05) is 0 Å². The highest BCUT2D eigenvalue weighted by molar-refractivity contribution is 4.85. The Labute approximate surface area is 95.9 Å². The second-order valence-electron chi connectivity index (χ2n) is 4.99. The third kappa shape index (κ3) is 2.78. The maximum atomic E-state index is 10.1. The van der Waals surface area contributed by atoms with Crippen LogP contribution in [-0.2, 0) is 13.5 Å². The largest absolute Gasteiger partial charge is 0.392 e. The van der Waals surface area contributed by atoms with Gasteiger partial charge in [0.2, 0.25) is 0 Å². The van der Waals surface area contributed by atoms with Crippen LogP contribution in [0.4, 0.5) is 0 Å². The van der Waals surface area contributed by atoms with Gasteiger partial charge >= 0.3 is 0 Å². The monoisotopic (exact) mass is 224 g/mol. The summed E-state index contributed by atoms with van der Waals surface area (Å²) in [6.07, 6.45) is 4.94. The molecule has 0 saturated heterocycles. The molecule has 1 N–H and O–H groups in total. The summed E-state index contributed by atoms with van der Waals surface area (Å²) < 4.78 is 0. The summed E-state index contributed by atoms with van der Waals surface area (Å²) in [7, 11) is 1.74. The number of rotatable bonds is 3. The van der Waals surface area contributed by atoms with E-state index in [1.165, 1.54) is 17.6 Å². The minimum absolute atomic E-state index is 0.309. The number of aromatic nitrogens is 4. The van der Waals surface area contributed by atoms with E-state index in [4.69, 9.17) is 0 Å². The third-order valence-electron chi connectivity index (χ3n) is 3.55. The van der Waals surface area contributed by atoms with Crippen LogP contribution < -0.4 is 0 Å². The molecular weight excluding hydrogens is 204 g/mol. The lowest BCUT2D eigenvalue weighted by Gasteiger charge is -2.29. The minimum Gasteiger partial charge on any atom is -0.392 e. The molecule has 90 valence electrons. The van der Waals surface area contributed by atoms with Crippen molar-refractivity contribution in [1.82, 2.24) is 20.2 Å². The topological polar surface area (TPSA) is 63.8 Å². The van der Waals surface area contributed by atoms with Gasteiger partial charge in [-0.2, -0.15) is 4.80 Å². The standard InChI is InChI=1S/C11H20N4O/c1-8-3-5-9(6-4-8)10(16)7-11-12-14-15(2)13-11/h8-10,16H,3-7H2,1-2H3. The molecule has 1 saturated carbocycles. The van der Waals surface area contributed by atoms with Crippen LogP contribution in [-0.4, -0.2) is 31.4 Å². The molecule has 1 aliphatic rings. The van der Waals surface area contributed by atoms with Gasteiger partial charge in [-0.25, -0.2) is 0 Å². The fraction of sp³-hybridized carbons (Fsp3) is 0.909. The number of nitrogens with zero attached hydrogens (tertiary/aromatic N) is 4. The highest BCUT2D eigenvalue weighted by Crippen LogP contribution is 2.31. The summed E-state index contributed by atoms with van der Waals surface area (Å²) in [6.45, 7) is 2.28. The van der Waals surface area contributed by atoms with E-state index in [1.807, 2.05) is 0 Å². The number of aliphatic hydroxyl groups is 1. The maximum Gasteiger partial charge on any atom is 0.177 e. The molecule has 1 fully saturated rings. The summed E-state index contributed by atoms with van der Waals surface area (Å²) in [5.74, 6) is 1.88. The zero-order valence-corrected chi connectivity index (χ0v) is 10.0. The normalized spacial score (nSPS) is 27.9. The SMILES string of the molecule is CC1CCC(C(O)Cc2nnn(C)n2)CC1. The second kappa shape index (κ2) is 4.91. The molecule has 1 atom stereocenters. The number of aliphatic hydroxyl groups excluding tert-OH is 1. The lowest BCUT2D eigenvalue weighted by molar-refractivity contribution is 0.0744. The molecule has 1 aromatic heterocycles. The Hall–Kier alpha value is -0.970. The average molecular weight is 224 g/mol. The molecule has 1 aliphatic carbocycles. The van der Waals surface area contributed by atoms with Gasteiger partial charge in [-0.1, -0.05) is 19.8 Å². The Morgan fingerprint density at radius 1 is 1.38 bits per heavy atom. The minimum atomic E-state index is -0.309. The van der Waals surface area contributed by atoms with Crippen molar-refractivity contribution in [3.8, 4) is 0 Å². The quantitative estimate of drug-likeness (QED) is 0.830. The van der Waals surface area contributed by atoms with E-state index in [2.05, 4.69) is 22.3 Å². The Balaban J connectivity index is 1.85. The predicted octanol–water partition coefficient (Wildman–Crippen LogP) is 0.940. The zero-order chi connectivity index (χ0) is 11.5. The lowest BCUT2D eigenvalue weighted by Crippen LogP contribution is -2.27. The van der Waals surface area contributed by atoms with Crippen molar-refractivity contribution in [3.05, 3.63) is 5.82 Å². The van der Waals surface area contributed by atoms with E-state index >= 15 is 0 Å². The fourth-order valence-corrected chi connectivity index (χ4v) is 2.43. The Kier molecular flexibility index (Phi) is 3.53. The van der Waals surface area contributed by atoms with Crippen LogP contribution in [0.1, 0.15) is 38.4 Å². The van der Waals surface area contributed by atoms with Crippen molar-refractivity contribution in [1.29, 1.82) is 0 Å². The van der Waals surface area contributed by atoms with Gasteiger partial charge in [-0.05, 0) is 29.9 Å². The molecule has 0 aliphatic heterocycles. The highest BCUT2D eigenvalue weighted by Gasteiger charge is 2.25. The second-order valence-corrected chi connectivity index (χ2v) is 4.99. The number of hydrogen-bond donors (Lipinski definition) is 1. The summed E-state index contributed by atoms with van der Waals surface area (Å²) in [4.78, 5) is 1.44. The highest BCUT2D eigenvalue weighted by atomic mass is 16.3. The fourth-order valence-electron chi connectivity index (χ4n) is 2.43. The van der Waals surface area contributed by atoms with Crippen molar-refractivity contribution < 1.29 is 5.11 Å². The predicted molar refractivity (Wildman–Crippen MR) is 59.6 cm³/mol. The number of hydrogen-bond acceptors (Lipinski definition) is 4. The van der Waals surface area contributed by atoms with E-state index in [0.717, 1.165) is 18.8 Å². The lowest BCUT2D eigenvalue weighted by atomic mass is 9.79. The molecule has 1 heterocycles. The molecular formula is C11H20N4O. The van der Waals surface area contributed by atoms with Gasteiger partial charge in [0.1, 0.15) is 0 Å². The van der Waals surface area contributed by atoms with E-state index in [0.29, 0.717) is 18.2 Å². The molecule has 5 nitrogen and oxygen atoms in total. The summed E-state index contributed by atoms with van der Waals surface area (Å²) in [6, 6.07) is 0. The van der Waals surface area contributed by atoms with Gasteiger partial charge in [-0.15, -0.1) is 10.2 Å². The summed E-state index contributed by atoms with van der Waals surface area (Å²) in [5, 5.41) is 21.9. The third-order valence-corrected chi connectivity index (χ3v) is 3.55. The molecule has 0 aromatic carbocycles. The van der Waals surface area contributed by atoms with Crippen molar-refractivity contribution in [2.24, 2.45) is 18.9 Å². The van der Waals surface area contributed by atoms with Gasteiger partial charge in [0.05, 0.1) is 13.2 Å². The van der Waals surface area contributed by atoms with Crippen LogP contribution in [0.2, 0.25) is 0 Å². The van der Waals surface area contributed by atoms with E-state index in [1.54, 1.807) is 7.05 Å². The van der Waals surface area contributed by atoms with Crippen LogP contribution in [0.3, 0.4) is 0 Å². The van der Waals surface area contributed by atoms with E-state index in [-0.39, 0.29) is 6.10 Å². The van der Waals surface area contributed by atoms with Gasteiger partial charge < -0.3 is 5.11 Å². The van der Waals surface area contributed by atoms with Crippen LogP contribution in [0.15, 0.2) is 0 Å². The first kappa shape index (κ1) is 11.5. The van der Waals surface area contributed by atoms with Crippen molar-refractivity contribution >= 4 is 0 Å². The zero-order valence-electron chi connectivity index (χ0n) is 10.0. The van der Waals surface area contributed by atoms with Gasteiger partial charge in [0.15, 0.2) is 5.82 Å². The molecule has 0 amide bonds. The van der Waals surface area contributed by atoms with E-state index in [9.17, 15) is 5.11 Å². The van der Waals surface area contributed by atoms with Crippen molar-refractivity contribution in [3.63, 3.8) is 0 Å². The Morgan fingerprint density at radius 3 is 2.62 bits per heavy atom. The maximum absolute atomic E-state index is 10.1. The molecule has 0 radical (unpaired) electrons. The first-order valence-electron chi connectivity index (χ1n) is 6.06. The number of aryl methyl sites for hydroxylation is 1. The molecule has 1 unspecified atom stereocenters. The van der Waals surface area contributed by atoms with E-state index < -0.39 is 0 Å². The molecule has 0 bridgehead atoms. The molecule has 16 heavy (non-hydrogen) atoms. The first-order chi connectivity index (χ1) is 7.65. The first-order valence-corrected chi connectivity index (χ1v) is 6.06. The van der Waals surface area contributed by atoms with Crippen LogP contribution in [0.5, 0.6) is 0 Å². The Morgan fingerprint density at radius 2 is 2.06 bits per heavy atom. The average Bonchev–Trinajstić information content (AvgIpc) is 2.65. The van der Waals surface area contributed by atoms with Crippen LogP contribution in [0, 0.1) is 11.8 Å². The Bertz CT molecular complexity index is 330. The number of tetrazole rings is 1.